The van der Waals surface area contributed by atoms with Gasteiger partial charge in [-0.1, -0.05) is 37.0 Å². The van der Waals surface area contributed by atoms with Crippen LogP contribution in [0, 0.1) is 0 Å². The van der Waals surface area contributed by atoms with Crippen molar-refractivity contribution in [1.82, 2.24) is 10.2 Å². The number of carbonyl (C=O) groups excluding carboxylic acids is 2. The lowest BCUT2D eigenvalue weighted by atomic mass is 10.1. The number of likely N-dealkylation sites (N-methyl/N-ethyl adjacent to an activating group) is 1. The Morgan fingerprint density at radius 3 is 2.33 bits per heavy atom. The van der Waals surface area contributed by atoms with E-state index >= 15 is 0 Å². The monoisotopic (exact) mass is 490 g/mol. The molecule has 33 heavy (non-hydrogen) atoms. The van der Waals surface area contributed by atoms with Crippen LogP contribution < -0.4 is 15.5 Å². The van der Waals surface area contributed by atoms with E-state index in [4.69, 9.17) is 23.2 Å². The zero-order valence-electron chi connectivity index (χ0n) is 19.3. The first-order chi connectivity index (χ1) is 15.9. The van der Waals surface area contributed by atoms with Crippen LogP contribution in [0.5, 0.6) is 0 Å². The maximum atomic E-state index is 13.2. The zero-order valence-corrected chi connectivity index (χ0v) is 20.8. The average Bonchev–Trinajstić information content (AvgIpc) is 2.82. The Hall–Kier alpha value is -2.28. The van der Waals surface area contributed by atoms with Gasteiger partial charge in [0.05, 0.1) is 16.1 Å². The van der Waals surface area contributed by atoms with E-state index in [9.17, 15) is 9.59 Å². The van der Waals surface area contributed by atoms with Crippen molar-refractivity contribution in [2.24, 2.45) is 0 Å². The Morgan fingerprint density at radius 1 is 0.939 bits per heavy atom. The summed E-state index contributed by atoms with van der Waals surface area (Å²) in [6.07, 6.45) is 3.42. The van der Waals surface area contributed by atoms with E-state index in [0.29, 0.717) is 28.4 Å². The second kappa shape index (κ2) is 12.3. The molecule has 8 heteroatoms. The fourth-order valence-electron chi connectivity index (χ4n) is 4.04. The Balaban J connectivity index is 1.80. The largest absolute Gasteiger partial charge is 0.371 e. The van der Waals surface area contributed by atoms with E-state index in [1.165, 1.54) is 12.5 Å². The molecule has 0 radical (unpaired) electrons. The topological polar surface area (TPSA) is 64.7 Å². The minimum Gasteiger partial charge on any atom is -0.371 e. The summed E-state index contributed by atoms with van der Waals surface area (Å²) in [4.78, 5) is 30.4. The summed E-state index contributed by atoms with van der Waals surface area (Å²) in [6, 6.07) is 10.2. The van der Waals surface area contributed by atoms with Crippen LogP contribution in [0.2, 0.25) is 10.0 Å². The van der Waals surface area contributed by atoms with Crippen molar-refractivity contribution in [3.05, 3.63) is 57.6 Å². The summed E-state index contributed by atoms with van der Waals surface area (Å²) in [5.74, 6) is -0.487. The van der Waals surface area contributed by atoms with E-state index in [1.807, 2.05) is 12.1 Å². The van der Waals surface area contributed by atoms with Gasteiger partial charge in [0.2, 0.25) is 0 Å². The summed E-state index contributed by atoms with van der Waals surface area (Å²) in [6.45, 7) is 9.32. The maximum absolute atomic E-state index is 13.2. The Bertz CT molecular complexity index is 973. The van der Waals surface area contributed by atoms with Gasteiger partial charge in [-0.25, -0.2) is 0 Å². The average molecular weight is 491 g/mol. The third-order valence-corrected chi connectivity index (χ3v) is 6.53. The summed E-state index contributed by atoms with van der Waals surface area (Å²) in [5, 5.41) is 6.65. The number of amides is 2. The van der Waals surface area contributed by atoms with Gasteiger partial charge in [0.1, 0.15) is 0 Å². The van der Waals surface area contributed by atoms with Crippen LogP contribution in [-0.2, 0) is 0 Å². The molecule has 0 unspecified atom stereocenters. The molecule has 2 amide bonds. The predicted molar refractivity (Wildman–Crippen MR) is 137 cm³/mol. The Kier molecular flexibility index (Phi) is 9.41. The number of benzene rings is 2. The second-order valence-corrected chi connectivity index (χ2v) is 8.98. The minimum absolute atomic E-state index is 0.136. The molecule has 1 fully saturated rings. The highest BCUT2D eigenvalue weighted by atomic mass is 35.5. The molecule has 1 aliphatic heterocycles. The Morgan fingerprint density at radius 2 is 1.67 bits per heavy atom. The molecule has 0 spiro atoms. The van der Waals surface area contributed by atoms with Gasteiger partial charge in [-0.3, -0.25) is 9.59 Å². The van der Waals surface area contributed by atoms with E-state index in [1.54, 1.807) is 18.2 Å². The van der Waals surface area contributed by atoms with Crippen molar-refractivity contribution in [2.45, 2.75) is 33.1 Å². The molecule has 0 atom stereocenters. The highest BCUT2D eigenvalue weighted by Gasteiger charge is 2.20. The van der Waals surface area contributed by atoms with E-state index in [0.717, 1.165) is 51.3 Å². The lowest BCUT2D eigenvalue weighted by Gasteiger charge is -2.30. The molecule has 2 aromatic rings. The van der Waals surface area contributed by atoms with Gasteiger partial charge in [0.15, 0.2) is 0 Å². The molecule has 3 rings (SSSR count). The van der Waals surface area contributed by atoms with Gasteiger partial charge >= 0.3 is 0 Å². The minimum atomic E-state index is -0.352. The van der Waals surface area contributed by atoms with E-state index in [2.05, 4.69) is 34.3 Å². The van der Waals surface area contributed by atoms with Gasteiger partial charge in [-0.15, -0.1) is 0 Å². The van der Waals surface area contributed by atoms with E-state index < -0.39 is 0 Å². The van der Waals surface area contributed by atoms with Crippen LogP contribution in [0.25, 0.3) is 0 Å². The van der Waals surface area contributed by atoms with Crippen molar-refractivity contribution in [2.75, 3.05) is 49.5 Å². The molecule has 178 valence electrons. The molecule has 2 aromatic carbocycles. The first kappa shape index (κ1) is 25.3. The number of piperidine rings is 1. The van der Waals surface area contributed by atoms with Crippen molar-refractivity contribution in [3.63, 3.8) is 0 Å². The van der Waals surface area contributed by atoms with Crippen LogP contribution in [-0.4, -0.2) is 56.0 Å². The molecule has 0 aliphatic carbocycles. The fraction of sp³-hybridized carbons (Fsp3) is 0.440. The normalized spacial score (nSPS) is 13.8. The summed E-state index contributed by atoms with van der Waals surface area (Å²) in [7, 11) is 0. The molecular weight excluding hydrogens is 459 g/mol. The summed E-state index contributed by atoms with van der Waals surface area (Å²) < 4.78 is 0. The number of nitrogens with one attached hydrogen (secondary N) is 2. The fourth-order valence-corrected chi connectivity index (χ4v) is 4.54. The lowest BCUT2D eigenvalue weighted by Crippen LogP contribution is -2.36. The summed E-state index contributed by atoms with van der Waals surface area (Å²) >= 11 is 12.1. The summed E-state index contributed by atoms with van der Waals surface area (Å²) in [5.41, 5.74) is 2.33. The third kappa shape index (κ3) is 6.85. The van der Waals surface area contributed by atoms with Crippen molar-refractivity contribution in [3.8, 4) is 0 Å². The van der Waals surface area contributed by atoms with Gasteiger partial charge in [-0.05, 0) is 68.8 Å². The molecule has 1 aliphatic rings. The van der Waals surface area contributed by atoms with Crippen molar-refractivity contribution < 1.29 is 9.59 Å². The quantitative estimate of drug-likeness (QED) is 0.499. The second-order valence-electron chi connectivity index (χ2n) is 8.14. The predicted octanol–water partition coefficient (Wildman–Crippen LogP) is 5.31. The Labute approximate surface area is 206 Å². The van der Waals surface area contributed by atoms with Gasteiger partial charge < -0.3 is 20.4 Å². The molecule has 6 nitrogen and oxygen atoms in total. The number of hydrogen-bond donors (Lipinski definition) is 2. The van der Waals surface area contributed by atoms with Crippen molar-refractivity contribution >= 4 is 46.4 Å². The van der Waals surface area contributed by atoms with Gasteiger partial charge in [-0.2, -0.15) is 0 Å². The molecule has 0 bridgehead atoms. The number of rotatable bonds is 9. The maximum Gasteiger partial charge on any atom is 0.257 e. The SMILES string of the molecule is CCN(CC)CCNC(=O)c1cc(NC(=O)c2ccc(Cl)cc2Cl)ccc1N1CCCCC1. The zero-order chi connectivity index (χ0) is 23.8. The van der Waals surface area contributed by atoms with Crippen LogP contribution in [0.15, 0.2) is 36.4 Å². The molecule has 0 saturated carbocycles. The lowest BCUT2D eigenvalue weighted by molar-refractivity contribution is 0.0948. The van der Waals surface area contributed by atoms with Crippen LogP contribution in [0.1, 0.15) is 53.8 Å². The number of halogens is 2. The highest BCUT2D eigenvalue weighted by Crippen LogP contribution is 2.28. The van der Waals surface area contributed by atoms with Gasteiger partial charge in [0.25, 0.3) is 11.8 Å². The van der Waals surface area contributed by atoms with Crippen molar-refractivity contribution in [1.29, 1.82) is 0 Å². The first-order valence-corrected chi connectivity index (χ1v) is 12.3. The van der Waals surface area contributed by atoms with Crippen LogP contribution in [0.3, 0.4) is 0 Å². The first-order valence-electron chi connectivity index (χ1n) is 11.6. The number of nitrogens with zero attached hydrogens (tertiary/aromatic N) is 2. The van der Waals surface area contributed by atoms with Gasteiger partial charge in [0, 0.05) is 42.6 Å². The molecule has 0 aromatic heterocycles. The number of hydrogen-bond acceptors (Lipinski definition) is 4. The van der Waals surface area contributed by atoms with E-state index in [-0.39, 0.29) is 16.8 Å². The number of anilines is 2. The smallest absolute Gasteiger partial charge is 0.257 e. The molecule has 1 heterocycles. The van der Waals surface area contributed by atoms with Crippen LogP contribution >= 0.6 is 23.2 Å². The standard InChI is InChI=1S/C25H32Cl2N4O2/c1-3-30(4-2)15-12-28-24(32)21-17-19(9-11-23(21)31-13-6-5-7-14-31)29-25(33)20-10-8-18(26)16-22(20)27/h8-11,16-17H,3-7,12-15H2,1-2H3,(H,28,32)(H,29,33). The molecular formula is C25H32Cl2N4O2. The number of carbonyl (C=O) groups is 2. The molecule has 2 N–H and O–H groups in total. The molecule has 1 saturated heterocycles. The van der Waals surface area contributed by atoms with Crippen LogP contribution in [0.4, 0.5) is 11.4 Å². The highest BCUT2D eigenvalue weighted by molar-refractivity contribution is 6.37. The third-order valence-electron chi connectivity index (χ3n) is 5.98.